The van der Waals surface area contributed by atoms with Crippen LogP contribution in [0.5, 0.6) is 11.5 Å². The minimum absolute atomic E-state index is 0.0139. The van der Waals surface area contributed by atoms with Crippen molar-refractivity contribution in [2.75, 3.05) is 48.3 Å². The molecule has 2 saturated carbocycles. The number of nitrogens with two attached hydrogens (primary N) is 1. The van der Waals surface area contributed by atoms with Crippen LogP contribution in [0.25, 0.3) is 22.4 Å². The maximum Gasteiger partial charge on any atom is 0.275 e. The number of para-hydroxylation sites is 1. The Balaban J connectivity index is 0.602. The van der Waals surface area contributed by atoms with Crippen molar-refractivity contribution in [1.82, 2.24) is 40.6 Å². The van der Waals surface area contributed by atoms with Gasteiger partial charge >= 0.3 is 0 Å². The topological polar surface area (TPSA) is 212 Å². The van der Waals surface area contributed by atoms with Gasteiger partial charge in [-0.15, -0.1) is 10.2 Å². The molecule has 5 atom stereocenters. The van der Waals surface area contributed by atoms with Gasteiger partial charge in [0.05, 0.1) is 23.2 Å². The number of hydrogen-bond donors (Lipinski definition) is 4. The van der Waals surface area contributed by atoms with E-state index in [1.165, 1.54) is 29.4 Å². The lowest BCUT2D eigenvalue weighted by atomic mass is 9.49. The summed E-state index contributed by atoms with van der Waals surface area (Å²) in [4.78, 5) is 52.1. The standard InChI is InChI=1S/C57H64FN11O6/c1-33(2)52(55(73)68-32-41(70)21-49(68)54(72)65-74-42-15-11-35(12-16-42)43-7-3-5-9-45(43)58)51-23-46(64-75-51)36-24-57(25-36)26-40(27-57)66-19-17-34(18-20-66)37-28-60-56(61-29-37)69-38-13-14-39(69)31-67(30-38)48-22-47(62-63-53(48)59)44-8-4-6-10-50(44)71/h3-12,15-16,22-23,28-29,33-34,36,38-41,49,52,70-71H,13-14,17-21,24-27,30-32H2,1-2H3,(H2,59,63)(H,65,72)/t36?,38?,39?,40?,41-,49+,52-,57?/m1/s1. The Morgan fingerprint density at radius 3 is 2.23 bits per heavy atom. The molecule has 17 nitrogen and oxygen atoms in total. The van der Waals surface area contributed by atoms with E-state index >= 15 is 0 Å². The van der Waals surface area contributed by atoms with Gasteiger partial charge in [-0.2, -0.15) is 5.48 Å². The van der Waals surface area contributed by atoms with Crippen molar-refractivity contribution in [1.29, 1.82) is 0 Å². The predicted octanol–water partition coefficient (Wildman–Crippen LogP) is 7.59. The minimum Gasteiger partial charge on any atom is -0.507 e. The number of benzene rings is 3. The zero-order chi connectivity index (χ0) is 51.5. The highest BCUT2D eigenvalue weighted by atomic mass is 19.1. The van der Waals surface area contributed by atoms with Gasteiger partial charge in [0, 0.05) is 79.7 Å². The molecular formula is C57H64FN11O6. The van der Waals surface area contributed by atoms with E-state index in [-0.39, 0.29) is 54.4 Å². The number of carbonyl (C=O) groups excluding carboxylic acids is 2. The van der Waals surface area contributed by atoms with E-state index in [0.717, 1.165) is 82.0 Å². The summed E-state index contributed by atoms with van der Waals surface area (Å²) in [5.74, 6) is 0.822. The predicted molar refractivity (Wildman–Crippen MR) is 279 cm³/mol. The number of nitrogen functional groups attached to an aromatic ring is 1. The number of piperazine rings is 1. The fraction of sp³-hybridized carbons (Fsp3) is 0.456. The summed E-state index contributed by atoms with van der Waals surface area (Å²) in [5, 5.41) is 34.2. The number of rotatable bonds is 13. The number of aromatic nitrogens is 5. The highest BCUT2D eigenvalue weighted by molar-refractivity contribution is 5.91. The monoisotopic (exact) mass is 1020 g/mol. The number of aliphatic hydroxyl groups is 1. The van der Waals surface area contributed by atoms with Crippen molar-refractivity contribution in [3.8, 4) is 33.9 Å². The van der Waals surface area contributed by atoms with Gasteiger partial charge in [0.2, 0.25) is 11.9 Å². The summed E-state index contributed by atoms with van der Waals surface area (Å²) in [6, 6.07) is 24.3. The zero-order valence-electron chi connectivity index (χ0n) is 42.3. The second-order valence-electron chi connectivity index (χ2n) is 22.4. The first-order valence-electron chi connectivity index (χ1n) is 26.6. The van der Waals surface area contributed by atoms with E-state index in [2.05, 4.69) is 47.9 Å². The summed E-state index contributed by atoms with van der Waals surface area (Å²) in [7, 11) is 0. The molecule has 4 aliphatic heterocycles. The van der Waals surface area contributed by atoms with Crippen LogP contribution in [0.1, 0.15) is 106 Å². The Bertz CT molecular complexity index is 3030. The van der Waals surface area contributed by atoms with E-state index in [9.17, 15) is 24.2 Å². The van der Waals surface area contributed by atoms with Gasteiger partial charge in [-0.3, -0.25) is 9.59 Å². The highest BCUT2D eigenvalue weighted by Crippen LogP contribution is 2.63. The van der Waals surface area contributed by atoms with E-state index in [4.69, 9.17) is 25.1 Å². The van der Waals surface area contributed by atoms with Gasteiger partial charge in [0.15, 0.2) is 11.6 Å². The molecule has 1 spiro atoms. The zero-order valence-corrected chi connectivity index (χ0v) is 42.3. The van der Waals surface area contributed by atoms with Crippen LogP contribution >= 0.6 is 0 Å². The number of carbonyl (C=O) groups is 2. The van der Waals surface area contributed by atoms with E-state index in [0.29, 0.717) is 57.1 Å². The van der Waals surface area contributed by atoms with Crippen molar-refractivity contribution >= 4 is 29.3 Å². The Morgan fingerprint density at radius 2 is 1.53 bits per heavy atom. The normalized spacial score (nSPS) is 26.1. The number of β-amino-alcohol motifs (C(OH)–C–C–N with tert-alkyl or cyclic N) is 1. The number of anilines is 3. The molecule has 3 aromatic carbocycles. The Morgan fingerprint density at radius 1 is 0.840 bits per heavy atom. The summed E-state index contributed by atoms with van der Waals surface area (Å²) >= 11 is 0. The Hall–Kier alpha value is -7.18. The molecule has 6 aliphatic rings. The summed E-state index contributed by atoms with van der Waals surface area (Å²) in [6.07, 6.45) is 12.1. The molecule has 2 unspecified atom stereocenters. The van der Waals surface area contributed by atoms with Gasteiger partial charge in [-0.05, 0) is 129 Å². The second kappa shape index (κ2) is 19.8. The molecule has 5 N–H and O–H groups in total. The van der Waals surface area contributed by atoms with Crippen LogP contribution in [0, 0.1) is 17.2 Å². The SMILES string of the molecule is CC(C)[C@@H](C(=O)N1C[C@H](O)C[C@H]1C(=O)NOc1ccc(-c2ccccc2F)cc1)c1cc(C2CC3(C2)CC(N2CCC(c4cnc(N5C6CCC5CN(c5cc(-c7ccccc7O)nnc5N)C6)nc4)CC2)C3)no1. The van der Waals surface area contributed by atoms with Gasteiger partial charge in [-0.1, -0.05) is 61.5 Å². The summed E-state index contributed by atoms with van der Waals surface area (Å²) in [6.45, 7) is 7.59. The summed E-state index contributed by atoms with van der Waals surface area (Å²) < 4.78 is 20.2. The molecule has 4 saturated heterocycles. The lowest BCUT2D eigenvalue weighted by molar-refractivity contribution is -0.143. The molecule has 3 aromatic heterocycles. The lowest BCUT2D eigenvalue weighted by Gasteiger charge is -2.60. The van der Waals surface area contributed by atoms with Crippen LogP contribution < -0.4 is 25.9 Å². The maximum absolute atomic E-state index is 14.3. The van der Waals surface area contributed by atoms with Crippen molar-refractivity contribution in [2.24, 2.45) is 11.3 Å². The molecule has 12 rings (SSSR count). The number of piperidine rings is 1. The number of aromatic hydroxyl groups is 1. The number of likely N-dealkylation sites (tertiary alicyclic amines) is 2. The number of hydroxylamine groups is 1. The average molecular weight is 1020 g/mol. The van der Waals surface area contributed by atoms with Crippen molar-refractivity contribution in [3.05, 3.63) is 120 Å². The van der Waals surface area contributed by atoms with Gasteiger partial charge < -0.3 is 44.9 Å². The Labute approximate surface area is 435 Å². The van der Waals surface area contributed by atoms with E-state index in [1.54, 1.807) is 54.6 Å². The Kier molecular flexibility index (Phi) is 12.9. The van der Waals surface area contributed by atoms with Crippen LogP contribution in [-0.2, 0) is 9.59 Å². The van der Waals surface area contributed by atoms with Crippen LogP contribution in [0.2, 0.25) is 0 Å². The number of nitrogens with one attached hydrogen (secondary N) is 1. The van der Waals surface area contributed by atoms with Crippen LogP contribution in [-0.4, -0.2) is 120 Å². The molecule has 2 bridgehead atoms. The van der Waals surface area contributed by atoms with Crippen molar-refractivity contribution in [3.63, 3.8) is 0 Å². The molecule has 18 heteroatoms. The second-order valence-corrected chi connectivity index (χ2v) is 22.4. The van der Waals surface area contributed by atoms with Gasteiger partial charge in [0.1, 0.15) is 29.3 Å². The molecule has 7 heterocycles. The average Bonchev–Trinajstić information content (AvgIpc) is 4.11. The van der Waals surface area contributed by atoms with Crippen LogP contribution in [0.4, 0.5) is 21.8 Å². The van der Waals surface area contributed by atoms with Gasteiger partial charge in [-0.25, -0.2) is 14.4 Å². The number of hydrogen-bond acceptors (Lipinski definition) is 15. The molecule has 75 heavy (non-hydrogen) atoms. The number of phenols is 1. The molecule has 6 fully saturated rings. The first-order chi connectivity index (χ1) is 36.4. The smallest absolute Gasteiger partial charge is 0.275 e. The molecule has 6 aromatic rings. The fourth-order valence-electron chi connectivity index (χ4n) is 13.3. The maximum atomic E-state index is 14.3. The quantitative estimate of drug-likeness (QED) is 0.0821. The first-order valence-corrected chi connectivity index (χ1v) is 26.6. The molecule has 0 radical (unpaired) electrons. The first kappa shape index (κ1) is 48.7. The van der Waals surface area contributed by atoms with Crippen LogP contribution in [0.15, 0.2) is 102 Å². The van der Waals surface area contributed by atoms with E-state index < -0.39 is 24.0 Å². The third-order valence-electron chi connectivity index (χ3n) is 17.3. The third kappa shape index (κ3) is 9.40. The van der Waals surface area contributed by atoms with E-state index in [1.807, 2.05) is 38.1 Å². The number of nitrogens with zero attached hydrogens (tertiary/aromatic N) is 9. The van der Waals surface area contributed by atoms with Crippen LogP contribution in [0.3, 0.4) is 0 Å². The molecule has 2 amide bonds. The highest BCUT2D eigenvalue weighted by Gasteiger charge is 2.55. The minimum atomic E-state index is -0.944. The molecule has 2 aliphatic carbocycles. The third-order valence-corrected chi connectivity index (χ3v) is 17.3. The van der Waals surface area contributed by atoms with Crippen molar-refractivity contribution < 1.29 is 33.6 Å². The van der Waals surface area contributed by atoms with Gasteiger partial charge in [0.25, 0.3) is 5.91 Å². The lowest BCUT2D eigenvalue weighted by Crippen LogP contribution is -2.57. The molecule has 390 valence electrons. The fourth-order valence-corrected chi connectivity index (χ4v) is 13.3. The largest absolute Gasteiger partial charge is 0.507 e. The number of aliphatic hydroxyl groups excluding tert-OH is 1. The summed E-state index contributed by atoms with van der Waals surface area (Å²) in [5.41, 5.74) is 14.4. The molecular weight excluding hydrogens is 954 g/mol. The number of fused-ring (bicyclic) bond motifs is 2. The number of halogens is 1. The van der Waals surface area contributed by atoms with Crippen molar-refractivity contribution in [2.45, 2.75) is 120 Å². The number of amides is 2. The number of phenolic OH excluding ortho intramolecular Hbond substituents is 1.